The highest BCUT2D eigenvalue weighted by Gasteiger charge is 2.21. The van der Waals surface area contributed by atoms with E-state index in [-0.39, 0.29) is 30.8 Å². The maximum atomic E-state index is 13.5. The minimum absolute atomic E-state index is 0.00623. The van der Waals surface area contributed by atoms with Crippen molar-refractivity contribution in [2.75, 3.05) is 25.2 Å². The molecule has 0 heterocycles. The summed E-state index contributed by atoms with van der Waals surface area (Å²) in [6, 6.07) is 13.4. The van der Waals surface area contributed by atoms with Gasteiger partial charge in [-0.3, -0.25) is 9.59 Å². The number of anilines is 1. The second-order valence-corrected chi connectivity index (χ2v) is 7.13. The number of hydrogen-bond donors (Lipinski definition) is 1. The van der Waals surface area contributed by atoms with Crippen LogP contribution in [0.1, 0.15) is 24.0 Å². The van der Waals surface area contributed by atoms with Crippen molar-refractivity contribution in [2.24, 2.45) is 5.92 Å². The van der Waals surface area contributed by atoms with Gasteiger partial charge in [0.25, 0.3) is 5.91 Å². The van der Waals surface area contributed by atoms with Crippen LogP contribution in [-0.2, 0) is 27.3 Å². The lowest BCUT2D eigenvalue weighted by Crippen LogP contribution is -2.33. The average Bonchev–Trinajstić information content (AvgIpc) is 3.50. The van der Waals surface area contributed by atoms with Gasteiger partial charge in [0, 0.05) is 19.3 Å². The van der Waals surface area contributed by atoms with Gasteiger partial charge in [-0.15, -0.1) is 0 Å². The Balaban J connectivity index is 1.68. The number of rotatable bonds is 9. The summed E-state index contributed by atoms with van der Waals surface area (Å²) in [6.45, 7) is 0.922. The second kappa shape index (κ2) is 9.46. The summed E-state index contributed by atoms with van der Waals surface area (Å²) in [4.78, 5) is 26.0. The van der Waals surface area contributed by atoms with E-state index in [9.17, 15) is 14.0 Å². The van der Waals surface area contributed by atoms with Crippen LogP contribution in [-0.4, -0.2) is 32.1 Å². The molecule has 0 atom stereocenters. The molecular formula is C22H25FN2O3. The first-order chi connectivity index (χ1) is 13.5. The Morgan fingerprint density at radius 3 is 2.54 bits per heavy atom. The molecule has 0 aliphatic heterocycles. The number of benzene rings is 2. The van der Waals surface area contributed by atoms with Crippen molar-refractivity contribution in [1.29, 1.82) is 0 Å². The first kappa shape index (κ1) is 20.0. The smallest absolute Gasteiger partial charge is 0.253 e. The summed E-state index contributed by atoms with van der Waals surface area (Å²) >= 11 is 0. The van der Waals surface area contributed by atoms with Gasteiger partial charge in [-0.1, -0.05) is 24.3 Å². The molecule has 28 heavy (non-hydrogen) atoms. The third-order valence-corrected chi connectivity index (χ3v) is 4.70. The van der Waals surface area contributed by atoms with Crippen LogP contribution in [0.15, 0.2) is 48.5 Å². The Morgan fingerprint density at radius 2 is 1.89 bits per heavy atom. The molecule has 0 aromatic heterocycles. The molecule has 2 aromatic carbocycles. The number of methoxy groups -OCH3 is 1. The molecule has 0 saturated heterocycles. The zero-order valence-corrected chi connectivity index (χ0v) is 16.0. The van der Waals surface area contributed by atoms with E-state index in [0.29, 0.717) is 23.6 Å². The summed E-state index contributed by atoms with van der Waals surface area (Å²) in [6.07, 6.45) is 2.71. The predicted molar refractivity (Wildman–Crippen MR) is 105 cm³/mol. The van der Waals surface area contributed by atoms with E-state index in [1.54, 1.807) is 29.2 Å². The van der Waals surface area contributed by atoms with E-state index in [1.807, 2.05) is 12.1 Å². The monoisotopic (exact) mass is 384 g/mol. The minimum Gasteiger partial charge on any atom is -0.375 e. The fourth-order valence-corrected chi connectivity index (χ4v) is 2.96. The van der Waals surface area contributed by atoms with Gasteiger partial charge in [0.2, 0.25) is 5.91 Å². The van der Waals surface area contributed by atoms with Gasteiger partial charge >= 0.3 is 0 Å². The van der Waals surface area contributed by atoms with Gasteiger partial charge in [-0.2, -0.15) is 0 Å². The quantitative estimate of drug-likeness (QED) is 0.723. The van der Waals surface area contributed by atoms with E-state index >= 15 is 0 Å². The summed E-state index contributed by atoms with van der Waals surface area (Å²) in [7, 11) is 1.46. The molecule has 1 fully saturated rings. The van der Waals surface area contributed by atoms with E-state index < -0.39 is 0 Å². The molecule has 1 aliphatic rings. The van der Waals surface area contributed by atoms with Crippen LogP contribution in [0.4, 0.5) is 10.1 Å². The number of nitrogens with one attached hydrogen (secondary N) is 1. The Labute approximate surface area is 164 Å². The van der Waals surface area contributed by atoms with Crippen LogP contribution >= 0.6 is 0 Å². The van der Waals surface area contributed by atoms with E-state index in [4.69, 9.17) is 4.74 Å². The van der Waals surface area contributed by atoms with Crippen molar-refractivity contribution in [3.63, 3.8) is 0 Å². The molecule has 0 unspecified atom stereocenters. The highest BCUT2D eigenvalue weighted by atomic mass is 19.1. The lowest BCUT2D eigenvalue weighted by molar-refractivity contribution is -0.122. The first-order valence-electron chi connectivity index (χ1n) is 9.44. The van der Waals surface area contributed by atoms with E-state index in [2.05, 4.69) is 5.32 Å². The normalized spacial score (nSPS) is 13.2. The number of hydrogen-bond acceptors (Lipinski definition) is 3. The molecule has 6 heteroatoms. The SMILES string of the molecule is COCC(=O)N(Cc1cccc(F)c1)c1ccc(CC(=O)NCC2CC2)cc1. The fraction of sp³-hybridized carbons (Fsp3) is 0.364. The van der Waals surface area contributed by atoms with Gasteiger partial charge in [-0.05, 0) is 54.2 Å². The molecule has 3 rings (SSSR count). The number of carbonyl (C=O) groups is 2. The summed E-state index contributed by atoms with van der Waals surface area (Å²) in [5.41, 5.74) is 2.24. The molecule has 1 N–H and O–H groups in total. The van der Waals surface area contributed by atoms with Crippen molar-refractivity contribution in [2.45, 2.75) is 25.8 Å². The molecular weight excluding hydrogens is 359 g/mol. The number of halogens is 1. The van der Waals surface area contributed by atoms with Crippen molar-refractivity contribution >= 4 is 17.5 Å². The Hall–Kier alpha value is -2.73. The lowest BCUT2D eigenvalue weighted by Gasteiger charge is -2.23. The van der Waals surface area contributed by atoms with Gasteiger partial charge in [-0.25, -0.2) is 4.39 Å². The first-order valence-corrected chi connectivity index (χ1v) is 9.44. The third kappa shape index (κ3) is 5.89. The van der Waals surface area contributed by atoms with Gasteiger partial charge in [0.1, 0.15) is 12.4 Å². The van der Waals surface area contributed by atoms with Crippen LogP contribution in [0.2, 0.25) is 0 Å². The standard InChI is InChI=1S/C22H25FN2O3/c1-28-15-22(27)25(14-18-3-2-4-19(23)11-18)20-9-7-16(8-10-20)12-21(26)24-13-17-5-6-17/h2-4,7-11,17H,5-6,12-15H2,1H3,(H,24,26). The third-order valence-electron chi connectivity index (χ3n) is 4.70. The van der Waals surface area contributed by atoms with Gasteiger partial charge < -0.3 is 15.0 Å². The number of ether oxygens (including phenoxy) is 1. The highest BCUT2D eigenvalue weighted by Crippen LogP contribution is 2.27. The summed E-state index contributed by atoms with van der Waals surface area (Å²) in [5, 5.41) is 2.95. The Bertz CT molecular complexity index is 819. The maximum Gasteiger partial charge on any atom is 0.253 e. The average molecular weight is 384 g/mol. The second-order valence-electron chi connectivity index (χ2n) is 7.13. The largest absolute Gasteiger partial charge is 0.375 e. The number of carbonyl (C=O) groups excluding carboxylic acids is 2. The van der Waals surface area contributed by atoms with E-state index in [0.717, 1.165) is 12.1 Å². The summed E-state index contributed by atoms with van der Waals surface area (Å²) < 4.78 is 18.5. The van der Waals surface area contributed by atoms with Crippen LogP contribution in [0.25, 0.3) is 0 Å². The molecule has 5 nitrogen and oxygen atoms in total. The van der Waals surface area contributed by atoms with E-state index in [1.165, 1.54) is 32.1 Å². The van der Waals surface area contributed by atoms with Crippen LogP contribution in [0.3, 0.4) is 0 Å². The van der Waals surface area contributed by atoms with Gasteiger partial charge in [0.15, 0.2) is 0 Å². The fourth-order valence-electron chi connectivity index (χ4n) is 2.96. The maximum absolute atomic E-state index is 13.5. The molecule has 2 aromatic rings. The highest BCUT2D eigenvalue weighted by molar-refractivity contribution is 5.94. The number of amides is 2. The molecule has 0 spiro atoms. The molecule has 0 radical (unpaired) electrons. The minimum atomic E-state index is -0.343. The molecule has 148 valence electrons. The Morgan fingerprint density at radius 1 is 1.14 bits per heavy atom. The Kier molecular flexibility index (Phi) is 6.76. The topological polar surface area (TPSA) is 58.6 Å². The van der Waals surface area contributed by atoms with Crippen molar-refractivity contribution in [3.05, 3.63) is 65.5 Å². The van der Waals surface area contributed by atoms with Gasteiger partial charge in [0.05, 0.1) is 13.0 Å². The summed E-state index contributed by atoms with van der Waals surface area (Å²) in [5.74, 6) is 0.0899. The zero-order chi connectivity index (χ0) is 19.9. The van der Waals surface area contributed by atoms with Crippen LogP contribution < -0.4 is 10.2 Å². The molecule has 0 bridgehead atoms. The molecule has 2 amide bonds. The predicted octanol–water partition coefficient (Wildman–Crippen LogP) is 3.07. The van der Waals surface area contributed by atoms with Crippen LogP contribution in [0.5, 0.6) is 0 Å². The molecule has 1 saturated carbocycles. The number of nitrogens with zero attached hydrogens (tertiary/aromatic N) is 1. The van der Waals surface area contributed by atoms with Crippen LogP contribution in [0, 0.1) is 11.7 Å². The molecule has 1 aliphatic carbocycles. The van der Waals surface area contributed by atoms with Crippen molar-refractivity contribution in [1.82, 2.24) is 5.32 Å². The lowest BCUT2D eigenvalue weighted by atomic mass is 10.1. The van der Waals surface area contributed by atoms with Crippen molar-refractivity contribution in [3.8, 4) is 0 Å². The van der Waals surface area contributed by atoms with Crippen molar-refractivity contribution < 1.29 is 18.7 Å². The zero-order valence-electron chi connectivity index (χ0n) is 16.0.